The van der Waals surface area contributed by atoms with Gasteiger partial charge in [0.15, 0.2) is 0 Å². The lowest BCUT2D eigenvalue weighted by Crippen LogP contribution is -2.26. The van der Waals surface area contributed by atoms with Crippen LogP contribution in [0.3, 0.4) is 0 Å². The van der Waals surface area contributed by atoms with Crippen molar-refractivity contribution in [2.24, 2.45) is 0 Å². The van der Waals surface area contributed by atoms with Gasteiger partial charge in [0.05, 0.1) is 6.04 Å². The van der Waals surface area contributed by atoms with Crippen molar-refractivity contribution in [2.75, 3.05) is 0 Å². The molecule has 0 aliphatic carbocycles. The maximum absolute atomic E-state index is 12.9. The average Bonchev–Trinajstić information content (AvgIpc) is 2.47. The molecule has 1 amide bonds. The molecular weight excluding hydrogens is 277 g/mol. The van der Waals surface area contributed by atoms with Crippen LogP contribution < -0.4 is 5.32 Å². The molecule has 2 aromatic carbocycles. The number of hydrogen-bond donors (Lipinski definition) is 1. The Morgan fingerprint density at radius 3 is 2.05 bits per heavy atom. The van der Waals surface area contributed by atoms with E-state index >= 15 is 0 Å². The zero-order chi connectivity index (χ0) is 16.3. The van der Waals surface area contributed by atoms with Gasteiger partial charge in [0, 0.05) is 5.56 Å². The van der Waals surface area contributed by atoms with E-state index in [2.05, 4.69) is 26.1 Å². The molecule has 0 aliphatic heterocycles. The number of amides is 1. The Hall–Kier alpha value is -2.16. The van der Waals surface area contributed by atoms with Crippen molar-refractivity contribution in [3.05, 3.63) is 71.0 Å². The Bertz CT molecular complexity index is 639. The van der Waals surface area contributed by atoms with E-state index in [-0.39, 0.29) is 23.2 Å². The highest BCUT2D eigenvalue weighted by Crippen LogP contribution is 2.22. The summed E-state index contributed by atoms with van der Waals surface area (Å²) in [7, 11) is 0. The van der Waals surface area contributed by atoms with E-state index in [4.69, 9.17) is 0 Å². The number of rotatable bonds is 3. The molecule has 116 valence electrons. The number of carbonyl (C=O) groups excluding carboxylic acids is 1. The van der Waals surface area contributed by atoms with Crippen LogP contribution in [0.15, 0.2) is 48.5 Å². The Kier molecular flexibility index (Phi) is 4.65. The first kappa shape index (κ1) is 16.2. The molecule has 2 rings (SSSR count). The van der Waals surface area contributed by atoms with Crippen LogP contribution in [-0.2, 0) is 5.41 Å². The number of hydrogen-bond acceptors (Lipinski definition) is 1. The summed E-state index contributed by atoms with van der Waals surface area (Å²) in [5.74, 6) is -0.405. The minimum absolute atomic E-state index is 0.0659. The van der Waals surface area contributed by atoms with Crippen LogP contribution in [-0.4, -0.2) is 5.91 Å². The number of carbonyl (C=O) groups is 1. The van der Waals surface area contributed by atoms with Gasteiger partial charge in [-0.05, 0) is 47.7 Å². The lowest BCUT2D eigenvalue weighted by molar-refractivity contribution is 0.0940. The molecule has 3 heteroatoms. The second kappa shape index (κ2) is 6.30. The fourth-order valence-electron chi connectivity index (χ4n) is 2.24. The predicted octanol–water partition coefficient (Wildman–Crippen LogP) is 4.61. The highest BCUT2D eigenvalue weighted by molar-refractivity contribution is 5.94. The van der Waals surface area contributed by atoms with Crippen molar-refractivity contribution in [2.45, 2.75) is 39.2 Å². The van der Waals surface area contributed by atoms with E-state index < -0.39 is 0 Å². The SMILES string of the molecule is C[C@H](NC(=O)c1ccc(C(C)(C)C)cc1)c1ccc(F)cc1. The Balaban J connectivity index is 2.07. The van der Waals surface area contributed by atoms with Crippen molar-refractivity contribution < 1.29 is 9.18 Å². The van der Waals surface area contributed by atoms with E-state index in [1.807, 2.05) is 31.2 Å². The highest BCUT2D eigenvalue weighted by Gasteiger charge is 2.15. The molecule has 0 spiro atoms. The molecule has 0 bridgehead atoms. The van der Waals surface area contributed by atoms with Crippen LogP contribution in [0.25, 0.3) is 0 Å². The summed E-state index contributed by atoms with van der Waals surface area (Å²) < 4.78 is 12.9. The number of nitrogens with one attached hydrogen (secondary N) is 1. The second-order valence-corrected chi connectivity index (χ2v) is 6.57. The van der Waals surface area contributed by atoms with E-state index in [1.165, 1.54) is 17.7 Å². The van der Waals surface area contributed by atoms with Gasteiger partial charge >= 0.3 is 0 Å². The van der Waals surface area contributed by atoms with Crippen LogP contribution in [0, 0.1) is 5.82 Å². The molecule has 2 nitrogen and oxygen atoms in total. The largest absolute Gasteiger partial charge is 0.346 e. The second-order valence-electron chi connectivity index (χ2n) is 6.57. The van der Waals surface area contributed by atoms with Crippen molar-refractivity contribution in [3.63, 3.8) is 0 Å². The Morgan fingerprint density at radius 1 is 1.00 bits per heavy atom. The van der Waals surface area contributed by atoms with E-state index in [1.54, 1.807) is 12.1 Å². The van der Waals surface area contributed by atoms with Gasteiger partial charge < -0.3 is 5.32 Å². The molecule has 0 aromatic heterocycles. The highest BCUT2D eigenvalue weighted by atomic mass is 19.1. The Labute approximate surface area is 131 Å². The first-order valence-electron chi connectivity index (χ1n) is 7.44. The standard InChI is InChI=1S/C19H22FNO/c1-13(14-7-11-17(20)12-8-14)21-18(22)15-5-9-16(10-6-15)19(2,3)4/h5-13H,1-4H3,(H,21,22)/t13-/m0/s1. The molecule has 0 saturated heterocycles. The van der Waals surface area contributed by atoms with Crippen LogP contribution in [0.5, 0.6) is 0 Å². The van der Waals surface area contributed by atoms with Gasteiger partial charge in [0.1, 0.15) is 5.82 Å². The van der Waals surface area contributed by atoms with Gasteiger partial charge in [-0.2, -0.15) is 0 Å². The maximum atomic E-state index is 12.9. The normalized spacial score (nSPS) is 12.8. The monoisotopic (exact) mass is 299 g/mol. The summed E-state index contributed by atoms with van der Waals surface area (Å²) in [6.07, 6.45) is 0. The van der Waals surface area contributed by atoms with Gasteiger partial charge in [0.2, 0.25) is 0 Å². The molecule has 0 saturated carbocycles. The first-order chi connectivity index (χ1) is 10.3. The topological polar surface area (TPSA) is 29.1 Å². The fourth-order valence-corrected chi connectivity index (χ4v) is 2.24. The summed E-state index contributed by atoms with van der Waals surface area (Å²) in [6.45, 7) is 8.30. The smallest absolute Gasteiger partial charge is 0.251 e. The van der Waals surface area contributed by atoms with Crippen LogP contribution in [0.2, 0.25) is 0 Å². The van der Waals surface area contributed by atoms with Crippen molar-refractivity contribution in [1.29, 1.82) is 0 Å². The van der Waals surface area contributed by atoms with E-state index in [9.17, 15) is 9.18 Å². The van der Waals surface area contributed by atoms with Gasteiger partial charge in [-0.25, -0.2) is 4.39 Å². The zero-order valence-corrected chi connectivity index (χ0v) is 13.5. The predicted molar refractivity (Wildman–Crippen MR) is 87.4 cm³/mol. The fraction of sp³-hybridized carbons (Fsp3) is 0.316. The molecule has 0 radical (unpaired) electrons. The molecule has 1 atom stereocenters. The first-order valence-corrected chi connectivity index (χ1v) is 7.44. The molecular formula is C19H22FNO. The molecule has 0 unspecified atom stereocenters. The third kappa shape index (κ3) is 3.94. The summed E-state index contributed by atoms with van der Waals surface area (Å²) in [5, 5.41) is 2.93. The number of benzene rings is 2. The van der Waals surface area contributed by atoms with Gasteiger partial charge in [-0.3, -0.25) is 4.79 Å². The summed E-state index contributed by atoms with van der Waals surface area (Å²) in [5.41, 5.74) is 2.76. The van der Waals surface area contributed by atoms with Crippen LogP contribution in [0.1, 0.15) is 55.2 Å². The maximum Gasteiger partial charge on any atom is 0.251 e. The van der Waals surface area contributed by atoms with E-state index in [0.29, 0.717) is 5.56 Å². The third-order valence-electron chi connectivity index (χ3n) is 3.73. The molecule has 0 heterocycles. The summed E-state index contributed by atoms with van der Waals surface area (Å²) >= 11 is 0. The van der Waals surface area contributed by atoms with Gasteiger partial charge in [-0.15, -0.1) is 0 Å². The summed E-state index contributed by atoms with van der Waals surface area (Å²) in [6, 6.07) is 13.6. The molecule has 0 fully saturated rings. The lowest BCUT2D eigenvalue weighted by atomic mass is 9.86. The third-order valence-corrected chi connectivity index (χ3v) is 3.73. The minimum Gasteiger partial charge on any atom is -0.346 e. The van der Waals surface area contributed by atoms with Crippen molar-refractivity contribution in [3.8, 4) is 0 Å². The number of halogens is 1. The van der Waals surface area contributed by atoms with Gasteiger partial charge in [0.25, 0.3) is 5.91 Å². The van der Waals surface area contributed by atoms with Crippen molar-refractivity contribution in [1.82, 2.24) is 5.32 Å². The molecule has 2 aromatic rings. The Morgan fingerprint density at radius 2 is 1.55 bits per heavy atom. The molecule has 0 aliphatic rings. The summed E-state index contributed by atoms with van der Waals surface area (Å²) in [4.78, 5) is 12.3. The van der Waals surface area contributed by atoms with Crippen molar-refractivity contribution >= 4 is 5.91 Å². The van der Waals surface area contributed by atoms with Gasteiger partial charge in [-0.1, -0.05) is 45.0 Å². The zero-order valence-electron chi connectivity index (χ0n) is 13.5. The average molecular weight is 299 g/mol. The molecule has 1 N–H and O–H groups in total. The lowest BCUT2D eigenvalue weighted by Gasteiger charge is -2.19. The molecule has 22 heavy (non-hydrogen) atoms. The van der Waals surface area contributed by atoms with E-state index in [0.717, 1.165) is 5.56 Å². The minimum atomic E-state index is -0.278. The van der Waals surface area contributed by atoms with Crippen LogP contribution >= 0.6 is 0 Å². The van der Waals surface area contributed by atoms with Crippen LogP contribution in [0.4, 0.5) is 4.39 Å². The quantitative estimate of drug-likeness (QED) is 0.880.